The van der Waals surface area contributed by atoms with E-state index in [1.807, 2.05) is 31.2 Å². The van der Waals surface area contributed by atoms with E-state index in [0.29, 0.717) is 28.1 Å². The third kappa shape index (κ3) is 5.07. The molecule has 4 atom stereocenters. The topological polar surface area (TPSA) is 76.7 Å². The molecule has 1 aromatic carbocycles. The van der Waals surface area contributed by atoms with Crippen LogP contribution in [0.1, 0.15) is 45.1 Å². The summed E-state index contributed by atoms with van der Waals surface area (Å²) in [5.74, 6) is 1.30. The number of ether oxygens (including phenoxy) is 2. The van der Waals surface area contributed by atoms with Crippen LogP contribution in [0.3, 0.4) is 0 Å². The number of methoxy groups -OCH3 is 2. The lowest BCUT2D eigenvalue weighted by Crippen LogP contribution is -2.52. The van der Waals surface area contributed by atoms with Gasteiger partial charge in [-0.25, -0.2) is 0 Å². The van der Waals surface area contributed by atoms with Gasteiger partial charge in [0.2, 0.25) is 5.91 Å². The van der Waals surface area contributed by atoms with Crippen LogP contribution < -0.4 is 20.1 Å². The number of carbonyl (C=O) groups excluding carboxylic acids is 2. The van der Waals surface area contributed by atoms with Crippen LogP contribution in [-0.4, -0.2) is 43.4 Å². The maximum absolute atomic E-state index is 12.7. The molecule has 7 heteroatoms. The third-order valence-corrected chi connectivity index (χ3v) is 7.11. The standard InChI is InChI=1S/C22H30N2O4S/c1-5-13(2)23-21(25)15-7-9-19-16(12-15)24-22(26)20(29-19)11-14-6-8-17(27-3)18(10-14)28-4/h6,8,10-11,13,15-16,19H,5,7,9,12H2,1-4H3,(H,23,25)(H,24,26)/b20-11+. The van der Waals surface area contributed by atoms with E-state index in [0.717, 1.165) is 24.8 Å². The molecule has 6 nitrogen and oxygen atoms in total. The van der Waals surface area contributed by atoms with E-state index in [1.54, 1.807) is 26.0 Å². The summed E-state index contributed by atoms with van der Waals surface area (Å²) in [5, 5.41) is 6.50. The molecule has 4 unspecified atom stereocenters. The van der Waals surface area contributed by atoms with Crippen molar-refractivity contribution in [2.75, 3.05) is 14.2 Å². The van der Waals surface area contributed by atoms with Gasteiger partial charge in [0, 0.05) is 23.3 Å². The van der Waals surface area contributed by atoms with Gasteiger partial charge in [0.05, 0.1) is 19.1 Å². The largest absolute Gasteiger partial charge is 0.493 e. The lowest BCUT2D eigenvalue weighted by atomic mass is 9.84. The fourth-order valence-corrected chi connectivity index (χ4v) is 5.08. The summed E-state index contributed by atoms with van der Waals surface area (Å²) in [6, 6.07) is 5.83. The van der Waals surface area contributed by atoms with Gasteiger partial charge in [0.1, 0.15) is 0 Å². The number of hydrogen-bond acceptors (Lipinski definition) is 5. The Hall–Kier alpha value is -2.15. The molecule has 0 radical (unpaired) electrons. The molecule has 3 rings (SSSR count). The van der Waals surface area contributed by atoms with Gasteiger partial charge in [-0.2, -0.15) is 0 Å². The average molecular weight is 419 g/mol. The van der Waals surface area contributed by atoms with Crippen LogP contribution in [0.4, 0.5) is 0 Å². The van der Waals surface area contributed by atoms with E-state index in [4.69, 9.17) is 9.47 Å². The first-order chi connectivity index (χ1) is 13.9. The van der Waals surface area contributed by atoms with E-state index < -0.39 is 0 Å². The molecule has 158 valence electrons. The molecular formula is C22H30N2O4S. The SMILES string of the molecule is CCC(C)NC(=O)C1CCC2S/C(=C/c3ccc(OC)c(OC)c3)C(=O)NC2C1. The van der Waals surface area contributed by atoms with Crippen LogP contribution in [0.25, 0.3) is 6.08 Å². The highest BCUT2D eigenvalue weighted by Crippen LogP contribution is 2.40. The number of nitrogens with one attached hydrogen (secondary N) is 2. The molecule has 1 saturated heterocycles. The number of benzene rings is 1. The third-order valence-electron chi connectivity index (χ3n) is 5.68. The first-order valence-electron chi connectivity index (χ1n) is 10.2. The summed E-state index contributed by atoms with van der Waals surface area (Å²) in [4.78, 5) is 25.8. The highest BCUT2D eigenvalue weighted by Gasteiger charge is 2.39. The Bertz CT molecular complexity index is 795. The number of carbonyl (C=O) groups is 2. The Labute approximate surface area is 176 Å². The van der Waals surface area contributed by atoms with Crippen molar-refractivity contribution in [3.63, 3.8) is 0 Å². The highest BCUT2D eigenvalue weighted by molar-refractivity contribution is 8.04. The predicted molar refractivity (Wildman–Crippen MR) is 116 cm³/mol. The molecule has 0 spiro atoms. The van der Waals surface area contributed by atoms with Crippen LogP contribution in [0.2, 0.25) is 0 Å². The zero-order chi connectivity index (χ0) is 21.0. The Morgan fingerprint density at radius 1 is 1.31 bits per heavy atom. The second kappa shape index (κ2) is 9.57. The van der Waals surface area contributed by atoms with Gasteiger partial charge < -0.3 is 20.1 Å². The zero-order valence-corrected chi connectivity index (χ0v) is 18.3. The number of fused-ring (bicyclic) bond motifs is 1. The van der Waals surface area contributed by atoms with Gasteiger partial charge in [-0.3, -0.25) is 9.59 Å². The number of rotatable bonds is 6. The van der Waals surface area contributed by atoms with Crippen molar-refractivity contribution in [1.82, 2.24) is 10.6 Å². The molecule has 1 aliphatic heterocycles. The summed E-state index contributed by atoms with van der Waals surface area (Å²) in [5.41, 5.74) is 0.889. The molecule has 1 aromatic rings. The van der Waals surface area contributed by atoms with Gasteiger partial charge in [-0.1, -0.05) is 13.0 Å². The lowest BCUT2D eigenvalue weighted by molar-refractivity contribution is -0.127. The minimum absolute atomic E-state index is 0.0254. The van der Waals surface area contributed by atoms with Crippen LogP contribution in [0.5, 0.6) is 11.5 Å². The fraction of sp³-hybridized carbons (Fsp3) is 0.545. The van der Waals surface area contributed by atoms with Gasteiger partial charge in [-0.15, -0.1) is 11.8 Å². The van der Waals surface area contributed by atoms with E-state index in [1.165, 1.54) is 0 Å². The number of thioether (sulfide) groups is 1. The molecule has 1 saturated carbocycles. The van der Waals surface area contributed by atoms with Gasteiger partial charge >= 0.3 is 0 Å². The summed E-state index contributed by atoms with van der Waals surface area (Å²) < 4.78 is 10.6. The van der Waals surface area contributed by atoms with Crippen molar-refractivity contribution < 1.29 is 19.1 Å². The van der Waals surface area contributed by atoms with Crippen molar-refractivity contribution in [2.24, 2.45) is 5.92 Å². The van der Waals surface area contributed by atoms with Crippen molar-refractivity contribution in [2.45, 2.75) is 56.9 Å². The number of amides is 2. The summed E-state index contributed by atoms with van der Waals surface area (Å²) in [6.07, 6.45) is 5.28. The van der Waals surface area contributed by atoms with Crippen LogP contribution in [0.15, 0.2) is 23.1 Å². The normalized spacial score (nSPS) is 26.3. The van der Waals surface area contributed by atoms with Crippen LogP contribution >= 0.6 is 11.8 Å². The van der Waals surface area contributed by atoms with Gasteiger partial charge in [0.25, 0.3) is 5.91 Å². The predicted octanol–water partition coefficient (Wildman–Crippen LogP) is 3.36. The van der Waals surface area contributed by atoms with Crippen LogP contribution in [0, 0.1) is 5.92 Å². The molecule has 29 heavy (non-hydrogen) atoms. The van der Waals surface area contributed by atoms with E-state index in [-0.39, 0.29) is 29.8 Å². The van der Waals surface area contributed by atoms with Crippen molar-refractivity contribution >= 4 is 29.7 Å². The second-order valence-electron chi connectivity index (χ2n) is 7.69. The zero-order valence-electron chi connectivity index (χ0n) is 17.5. The summed E-state index contributed by atoms with van der Waals surface area (Å²) in [6.45, 7) is 4.08. The molecule has 2 N–H and O–H groups in total. The highest BCUT2D eigenvalue weighted by atomic mass is 32.2. The van der Waals surface area contributed by atoms with Crippen molar-refractivity contribution in [3.05, 3.63) is 28.7 Å². The molecule has 1 aliphatic carbocycles. The fourth-order valence-electron chi connectivity index (χ4n) is 3.79. The van der Waals surface area contributed by atoms with Crippen molar-refractivity contribution in [1.29, 1.82) is 0 Å². The second-order valence-corrected chi connectivity index (χ2v) is 8.97. The molecule has 1 heterocycles. The van der Waals surface area contributed by atoms with E-state index in [9.17, 15) is 9.59 Å². The maximum atomic E-state index is 12.7. The molecule has 0 aromatic heterocycles. The molecule has 0 bridgehead atoms. The molecular weight excluding hydrogens is 388 g/mol. The van der Waals surface area contributed by atoms with Gasteiger partial charge in [0.15, 0.2) is 11.5 Å². The molecule has 2 amide bonds. The molecule has 2 aliphatic rings. The lowest BCUT2D eigenvalue weighted by Gasteiger charge is -2.39. The summed E-state index contributed by atoms with van der Waals surface area (Å²) in [7, 11) is 3.19. The first kappa shape index (κ1) is 21.6. The first-order valence-corrected chi connectivity index (χ1v) is 11.0. The molecule has 2 fully saturated rings. The van der Waals surface area contributed by atoms with E-state index >= 15 is 0 Å². The Morgan fingerprint density at radius 2 is 2.07 bits per heavy atom. The Morgan fingerprint density at radius 3 is 2.76 bits per heavy atom. The van der Waals surface area contributed by atoms with Gasteiger partial charge in [-0.05, 0) is 56.4 Å². The summed E-state index contributed by atoms with van der Waals surface area (Å²) >= 11 is 1.62. The quantitative estimate of drug-likeness (QED) is 0.693. The maximum Gasteiger partial charge on any atom is 0.257 e. The monoisotopic (exact) mass is 418 g/mol. The smallest absolute Gasteiger partial charge is 0.257 e. The van der Waals surface area contributed by atoms with Crippen molar-refractivity contribution in [3.8, 4) is 11.5 Å². The van der Waals surface area contributed by atoms with Crippen LogP contribution in [-0.2, 0) is 9.59 Å². The Kier molecular flexibility index (Phi) is 7.11. The Balaban J connectivity index is 1.67. The average Bonchev–Trinajstić information content (AvgIpc) is 2.73. The van der Waals surface area contributed by atoms with E-state index in [2.05, 4.69) is 17.6 Å². The minimum Gasteiger partial charge on any atom is -0.493 e. The number of hydrogen-bond donors (Lipinski definition) is 2. The minimum atomic E-state index is -0.0750.